The van der Waals surface area contributed by atoms with Crippen molar-refractivity contribution in [1.29, 1.82) is 0 Å². The van der Waals surface area contributed by atoms with E-state index in [9.17, 15) is 0 Å². The quantitative estimate of drug-likeness (QED) is 0.712. The van der Waals surface area contributed by atoms with Crippen molar-refractivity contribution in [3.63, 3.8) is 0 Å². The number of rotatable bonds is 4. The minimum Gasteiger partial charge on any atom is -0.396 e. The predicted octanol–water partition coefficient (Wildman–Crippen LogP) is 0.538. The van der Waals surface area contributed by atoms with Crippen LogP contribution in [-0.2, 0) is 6.54 Å². The van der Waals surface area contributed by atoms with Gasteiger partial charge in [0.05, 0.1) is 18.4 Å². The van der Waals surface area contributed by atoms with Crippen molar-refractivity contribution in [2.75, 3.05) is 6.61 Å². The highest BCUT2D eigenvalue weighted by molar-refractivity contribution is 5.08. The Labute approximate surface area is 71.2 Å². The standard InChI is InChI=1S/C8H13N3O/c12-5-1-4-11-9-6-8(10-11)7-2-3-7/h6-7,12H,1-5H2. The van der Waals surface area contributed by atoms with Crippen LogP contribution >= 0.6 is 0 Å². The number of aliphatic hydroxyl groups excluding tert-OH is 1. The van der Waals surface area contributed by atoms with Gasteiger partial charge in [0.1, 0.15) is 0 Å². The Morgan fingerprint density at radius 3 is 3.08 bits per heavy atom. The summed E-state index contributed by atoms with van der Waals surface area (Å²) in [6.45, 7) is 0.934. The van der Waals surface area contributed by atoms with Crippen molar-refractivity contribution in [2.45, 2.75) is 31.7 Å². The van der Waals surface area contributed by atoms with Crippen molar-refractivity contribution in [3.05, 3.63) is 11.9 Å². The van der Waals surface area contributed by atoms with Crippen LogP contribution in [0.2, 0.25) is 0 Å². The summed E-state index contributed by atoms with van der Waals surface area (Å²) in [6.07, 6.45) is 5.10. The first-order valence-electron chi connectivity index (χ1n) is 4.41. The monoisotopic (exact) mass is 167 g/mol. The van der Waals surface area contributed by atoms with Crippen LogP contribution < -0.4 is 0 Å². The number of hydrogen-bond donors (Lipinski definition) is 1. The third kappa shape index (κ3) is 1.64. The van der Waals surface area contributed by atoms with E-state index in [0.717, 1.165) is 18.7 Å². The van der Waals surface area contributed by atoms with Gasteiger partial charge in [-0.2, -0.15) is 15.0 Å². The van der Waals surface area contributed by atoms with Crippen LogP contribution in [0.25, 0.3) is 0 Å². The summed E-state index contributed by atoms with van der Waals surface area (Å²) in [6, 6.07) is 0. The summed E-state index contributed by atoms with van der Waals surface area (Å²) in [7, 11) is 0. The van der Waals surface area contributed by atoms with Gasteiger partial charge >= 0.3 is 0 Å². The molecule has 1 aliphatic rings. The van der Waals surface area contributed by atoms with Crippen molar-refractivity contribution < 1.29 is 5.11 Å². The van der Waals surface area contributed by atoms with Crippen molar-refractivity contribution in [3.8, 4) is 0 Å². The van der Waals surface area contributed by atoms with E-state index in [0.29, 0.717) is 5.92 Å². The Balaban J connectivity index is 1.93. The Morgan fingerprint density at radius 1 is 1.58 bits per heavy atom. The third-order valence-electron chi connectivity index (χ3n) is 2.07. The molecule has 0 saturated heterocycles. The number of aryl methyl sites for hydroxylation is 1. The SMILES string of the molecule is OCCCn1ncc(C2CC2)n1. The highest BCUT2D eigenvalue weighted by Crippen LogP contribution is 2.38. The van der Waals surface area contributed by atoms with Gasteiger partial charge in [0.15, 0.2) is 0 Å². The summed E-state index contributed by atoms with van der Waals surface area (Å²) in [5, 5.41) is 17.0. The van der Waals surface area contributed by atoms with Gasteiger partial charge in [-0.1, -0.05) is 0 Å². The van der Waals surface area contributed by atoms with Crippen LogP contribution in [0.1, 0.15) is 30.9 Å². The molecule has 1 aliphatic carbocycles. The van der Waals surface area contributed by atoms with Crippen LogP contribution in [0.5, 0.6) is 0 Å². The van der Waals surface area contributed by atoms with Gasteiger partial charge in [0.2, 0.25) is 0 Å². The fraction of sp³-hybridized carbons (Fsp3) is 0.750. The number of aliphatic hydroxyl groups is 1. The molecule has 0 radical (unpaired) electrons. The Kier molecular flexibility index (Phi) is 2.08. The molecule has 4 nitrogen and oxygen atoms in total. The minimum absolute atomic E-state index is 0.209. The molecule has 0 aromatic carbocycles. The zero-order valence-electron chi connectivity index (χ0n) is 6.98. The number of nitrogens with zero attached hydrogens (tertiary/aromatic N) is 3. The number of aromatic nitrogens is 3. The molecule has 12 heavy (non-hydrogen) atoms. The Bertz CT molecular complexity index is 255. The average molecular weight is 167 g/mol. The molecule has 4 heteroatoms. The lowest BCUT2D eigenvalue weighted by molar-refractivity contribution is 0.272. The van der Waals surface area contributed by atoms with E-state index in [1.54, 1.807) is 4.80 Å². The Morgan fingerprint density at radius 2 is 2.42 bits per heavy atom. The molecule has 0 bridgehead atoms. The second-order valence-corrected chi connectivity index (χ2v) is 3.22. The lowest BCUT2D eigenvalue weighted by atomic mass is 10.3. The maximum Gasteiger partial charge on any atom is 0.0858 e. The fourth-order valence-corrected chi connectivity index (χ4v) is 1.20. The Hall–Kier alpha value is -0.900. The van der Waals surface area contributed by atoms with Crippen LogP contribution in [0.4, 0.5) is 0 Å². The highest BCUT2D eigenvalue weighted by atomic mass is 16.3. The van der Waals surface area contributed by atoms with E-state index in [1.165, 1.54) is 12.8 Å². The largest absolute Gasteiger partial charge is 0.396 e. The second-order valence-electron chi connectivity index (χ2n) is 3.22. The molecule has 1 aromatic heterocycles. The molecule has 0 aliphatic heterocycles. The molecular formula is C8H13N3O. The summed E-state index contributed by atoms with van der Waals surface area (Å²) in [5.74, 6) is 0.674. The molecule has 1 saturated carbocycles. The number of hydrogen-bond acceptors (Lipinski definition) is 3. The second kappa shape index (κ2) is 3.23. The topological polar surface area (TPSA) is 50.9 Å². The van der Waals surface area contributed by atoms with Crippen molar-refractivity contribution >= 4 is 0 Å². The lowest BCUT2D eigenvalue weighted by Gasteiger charge is -1.94. The predicted molar refractivity (Wildman–Crippen MR) is 43.7 cm³/mol. The maximum atomic E-state index is 8.59. The normalized spacial score (nSPS) is 16.8. The lowest BCUT2D eigenvalue weighted by Crippen LogP contribution is -2.04. The molecule has 2 rings (SSSR count). The molecule has 0 amide bonds. The average Bonchev–Trinajstić information content (AvgIpc) is 2.83. The summed E-state index contributed by atoms with van der Waals surface area (Å²) in [4.78, 5) is 1.67. The summed E-state index contributed by atoms with van der Waals surface area (Å²) < 4.78 is 0. The first-order valence-corrected chi connectivity index (χ1v) is 4.41. The molecule has 1 heterocycles. The van der Waals surface area contributed by atoms with Crippen LogP contribution in [-0.4, -0.2) is 26.7 Å². The van der Waals surface area contributed by atoms with Gasteiger partial charge in [-0.05, 0) is 19.3 Å². The van der Waals surface area contributed by atoms with Crippen molar-refractivity contribution in [1.82, 2.24) is 15.0 Å². The zero-order chi connectivity index (χ0) is 8.39. The molecule has 1 aromatic rings. The minimum atomic E-state index is 0.209. The molecular weight excluding hydrogens is 154 g/mol. The fourth-order valence-electron chi connectivity index (χ4n) is 1.20. The van der Waals surface area contributed by atoms with Crippen LogP contribution in [0, 0.1) is 0 Å². The zero-order valence-corrected chi connectivity index (χ0v) is 6.98. The van der Waals surface area contributed by atoms with E-state index in [-0.39, 0.29) is 6.61 Å². The molecule has 1 fully saturated rings. The first kappa shape index (κ1) is 7.73. The summed E-state index contributed by atoms with van der Waals surface area (Å²) >= 11 is 0. The van der Waals surface area contributed by atoms with Gasteiger partial charge in [0.25, 0.3) is 0 Å². The van der Waals surface area contributed by atoms with Gasteiger partial charge in [-0.15, -0.1) is 0 Å². The van der Waals surface area contributed by atoms with Crippen molar-refractivity contribution in [2.24, 2.45) is 0 Å². The van der Waals surface area contributed by atoms with E-state index >= 15 is 0 Å². The maximum absolute atomic E-state index is 8.59. The van der Waals surface area contributed by atoms with E-state index in [2.05, 4.69) is 10.2 Å². The van der Waals surface area contributed by atoms with E-state index in [1.807, 2.05) is 6.20 Å². The van der Waals surface area contributed by atoms with Crippen LogP contribution in [0.15, 0.2) is 6.20 Å². The molecule has 0 unspecified atom stereocenters. The van der Waals surface area contributed by atoms with Crippen LogP contribution in [0.3, 0.4) is 0 Å². The first-order chi connectivity index (χ1) is 5.90. The summed E-state index contributed by atoms with van der Waals surface area (Å²) in [5.41, 5.74) is 1.12. The smallest absolute Gasteiger partial charge is 0.0858 e. The van der Waals surface area contributed by atoms with Gasteiger partial charge in [-0.3, -0.25) is 0 Å². The molecule has 66 valence electrons. The van der Waals surface area contributed by atoms with Gasteiger partial charge in [-0.25, -0.2) is 0 Å². The molecule has 1 N–H and O–H groups in total. The van der Waals surface area contributed by atoms with E-state index in [4.69, 9.17) is 5.11 Å². The third-order valence-corrected chi connectivity index (χ3v) is 2.07. The van der Waals surface area contributed by atoms with Gasteiger partial charge < -0.3 is 5.11 Å². The highest BCUT2D eigenvalue weighted by Gasteiger charge is 2.26. The van der Waals surface area contributed by atoms with E-state index < -0.39 is 0 Å². The molecule has 0 spiro atoms. The molecule has 0 atom stereocenters. The van der Waals surface area contributed by atoms with Gasteiger partial charge in [0, 0.05) is 12.5 Å².